The van der Waals surface area contributed by atoms with Crippen LogP contribution in [0, 0.1) is 5.92 Å². The molecule has 0 radical (unpaired) electrons. The average molecular weight is 389 g/mol. The molecule has 3 aromatic rings. The lowest BCUT2D eigenvalue weighted by molar-refractivity contribution is 0.0622. The second kappa shape index (κ2) is 9.60. The molecule has 3 rings (SSSR count). The van der Waals surface area contributed by atoms with Crippen molar-refractivity contribution in [2.75, 3.05) is 0 Å². The maximum absolute atomic E-state index is 13.4. The number of aryl methyl sites for hydroxylation is 1. The molecule has 1 aromatic heterocycles. The Balaban J connectivity index is 1.85. The van der Waals surface area contributed by atoms with Gasteiger partial charge in [0.1, 0.15) is 0 Å². The van der Waals surface area contributed by atoms with Crippen LogP contribution >= 0.6 is 0 Å². The van der Waals surface area contributed by atoms with E-state index >= 15 is 0 Å². The molecule has 152 valence electrons. The Kier molecular flexibility index (Phi) is 6.92. The van der Waals surface area contributed by atoms with Crippen molar-refractivity contribution >= 4 is 5.91 Å². The molecule has 2 aromatic carbocycles. The average Bonchev–Trinajstić information content (AvgIpc) is 3.18. The second-order valence-corrected chi connectivity index (χ2v) is 8.08. The van der Waals surface area contributed by atoms with Crippen molar-refractivity contribution in [1.29, 1.82) is 0 Å². The van der Waals surface area contributed by atoms with Gasteiger partial charge in [0.05, 0.1) is 6.54 Å². The number of rotatable bonds is 8. The summed E-state index contributed by atoms with van der Waals surface area (Å²) in [7, 11) is 0. The predicted molar refractivity (Wildman–Crippen MR) is 120 cm³/mol. The van der Waals surface area contributed by atoms with Gasteiger partial charge >= 0.3 is 0 Å². The molecule has 0 bridgehead atoms. The van der Waals surface area contributed by atoms with Crippen molar-refractivity contribution in [3.8, 4) is 0 Å². The lowest BCUT2D eigenvalue weighted by atomic mass is 10.0. The number of aromatic nitrogens is 1. The van der Waals surface area contributed by atoms with Crippen LogP contribution in [0.5, 0.6) is 0 Å². The molecule has 1 amide bonds. The molecule has 0 fully saturated rings. The van der Waals surface area contributed by atoms with Crippen molar-refractivity contribution in [1.82, 2.24) is 9.47 Å². The van der Waals surface area contributed by atoms with Crippen LogP contribution in [0.15, 0.2) is 72.9 Å². The molecule has 3 heteroatoms. The molecular formula is C26H32N2O. The Bertz CT molecular complexity index is 909. The number of hydrogen-bond acceptors (Lipinski definition) is 1. The number of benzene rings is 2. The van der Waals surface area contributed by atoms with Gasteiger partial charge in [0.2, 0.25) is 0 Å². The minimum Gasteiger partial charge on any atom is -0.345 e. The summed E-state index contributed by atoms with van der Waals surface area (Å²) in [5.74, 6) is 0.479. The summed E-state index contributed by atoms with van der Waals surface area (Å²) in [6, 6.07) is 22.8. The molecule has 0 saturated heterocycles. The highest BCUT2D eigenvalue weighted by Crippen LogP contribution is 2.20. The van der Waals surface area contributed by atoms with Gasteiger partial charge < -0.3 is 9.47 Å². The fourth-order valence-corrected chi connectivity index (χ4v) is 3.51. The molecular weight excluding hydrogens is 356 g/mol. The maximum Gasteiger partial charge on any atom is 0.254 e. The number of hydrogen-bond donors (Lipinski definition) is 0. The monoisotopic (exact) mass is 388 g/mol. The van der Waals surface area contributed by atoms with Crippen molar-refractivity contribution in [3.63, 3.8) is 0 Å². The number of nitrogens with zero attached hydrogens (tertiary/aromatic N) is 2. The first kappa shape index (κ1) is 20.9. The highest BCUT2D eigenvalue weighted by atomic mass is 16.2. The summed E-state index contributed by atoms with van der Waals surface area (Å²) in [5, 5.41) is 0. The van der Waals surface area contributed by atoms with Gasteiger partial charge in [-0.1, -0.05) is 63.2 Å². The highest BCUT2D eigenvalue weighted by molar-refractivity contribution is 5.94. The Hall–Kier alpha value is -2.81. The van der Waals surface area contributed by atoms with E-state index in [9.17, 15) is 4.79 Å². The van der Waals surface area contributed by atoms with Gasteiger partial charge in [-0.2, -0.15) is 0 Å². The molecule has 0 aliphatic rings. The van der Waals surface area contributed by atoms with Crippen LogP contribution in [0.1, 0.15) is 54.9 Å². The summed E-state index contributed by atoms with van der Waals surface area (Å²) in [5.41, 5.74) is 4.42. The molecule has 3 nitrogen and oxygen atoms in total. The molecule has 0 saturated carbocycles. The topological polar surface area (TPSA) is 25.2 Å². The maximum atomic E-state index is 13.4. The molecule has 0 aliphatic heterocycles. The van der Waals surface area contributed by atoms with Crippen molar-refractivity contribution in [3.05, 3.63) is 95.3 Å². The Morgan fingerprint density at radius 3 is 2.21 bits per heavy atom. The van der Waals surface area contributed by atoms with Crippen LogP contribution < -0.4 is 0 Å². The zero-order chi connectivity index (χ0) is 20.8. The summed E-state index contributed by atoms with van der Waals surface area (Å²) >= 11 is 0. The fourth-order valence-electron chi connectivity index (χ4n) is 3.51. The normalized spacial score (nSPS) is 12.2. The molecule has 0 spiro atoms. The number of amides is 1. The van der Waals surface area contributed by atoms with E-state index in [1.807, 2.05) is 23.1 Å². The van der Waals surface area contributed by atoms with E-state index in [1.54, 1.807) is 0 Å². The summed E-state index contributed by atoms with van der Waals surface area (Å²) in [6.07, 6.45) is 3.08. The predicted octanol–water partition coefficient (Wildman–Crippen LogP) is 5.79. The van der Waals surface area contributed by atoms with Gasteiger partial charge in [0.25, 0.3) is 5.91 Å². The summed E-state index contributed by atoms with van der Waals surface area (Å²) in [6.45, 7) is 10.0. The first-order valence-electron chi connectivity index (χ1n) is 10.6. The van der Waals surface area contributed by atoms with E-state index in [-0.39, 0.29) is 11.9 Å². The van der Waals surface area contributed by atoms with E-state index in [0.717, 1.165) is 24.2 Å². The molecule has 1 heterocycles. The minimum absolute atomic E-state index is 0.0984. The van der Waals surface area contributed by atoms with E-state index in [0.29, 0.717) is 12.5 Å². The molecule has 0 aliphatic carbocycles. The van der Waals surface area contributed by atoms with Crippen LogP contribution in [-0.4, -0.2) is 21.4 Å². The quantitative estimate of drug-likeness (QED) is 0.480. The van der Waals surface area contributed by atoms with Gasteiger partial charge in [-0.05, 0) is 54.7 Å². The summed E-state index contributed by atoms with van der Waals surface area (Å²) < 4.78 is 2.24. The Labute approximate surface area is 175 Å². The SMILES string of the molecule is CCc1ccc(C(=O)N(Cc2cccn2Cc2ccccc2)C(C)C(C)C)cc1. The van der Waals surface area contributed by atoms with Gasteiger partial charge in [-0.25, -0.2) is 0 Å². The largest absolute Gasteiger partial charge is 0.345 e. The third-order valence-corrected chi connectivity index (χ3v) is 5.78. The summed E-state index contributed by atoms with van der Waals surface area (Å²) in [4.78, 5) is 15.4. The molecule has 0 N–H and O–H groups in total. The first-order valence-corrected chi connectivity index (χ1v) is 10.6. The van der Waals surface area contributed by atoms with E-state index < -0.39 is 0 Å². The van der Waals surface area contributed by atoms with Crippen molar-refractivity contribution in [2.24, 2.45) is 5.92 Å². The van der Waals surface area contributed by atoms with E-state index in [1.165, 1.54) is 11.1 Å². The standard InChI is InChI=1S/C26H32N2O/c1-5-22-13-15-24(16-14-22)26(29)28(21(4)20(2)3)19-25-12-9-17-27(25)18-23-10-7-6-8-11-23/h6-17,20-21H,5,18-19H2,1-4H3. The second-order valence-electron chi connectivity index (χ2n) is 8.08. The van der Waals surface area contributed by atoms with Crippen LogP contribution in [0.2, 0.25) is 0 Å². The van der Waals surface area contributed by atoms with Crippen molar-refractivity contribution < 1.29 is 4.79 Å². The third-order valence-electron chi connectivity index (χ3n) is 5.78. The van der Waals surface area contributed by atoms with Crippen LogP contribution in [0.4, 0.5) is 0 Å². The highest BCUT2D eigenvalue weighted by Gasteiger charge is 2.25. The van der Waals surface area contributed by atoms with E-state index in [4.69, 9.17) is 0 Å². The molecule has 1 unspecified atom stereocenters. The van der Waals surface area contributed by atoms with Gasteiger partial charge in [0, 0.05) is 30.0 Å². The Morgan fingerprint density at radius 2 is 1.59 bits per heavy atom. The zero-order valence-corrected chi connectivity index (χ0v) is 18.0. The van der Waals surface area contributed by atoms with Crippen LogP contribution in [-0.2, 0) is 19.5 Å². The lowest BCUT2D eigenvalue weighted by Gasteiger charge is -2.32. The zero-order valence-electron chi connectivity index (χ0n) is 18.0. The number of carbonyl (C=O) groups is 1. The number of carbonyl (C=O) groups excluding carboxylic acids is 1. The van der Waals surface area contributed by atoms with Crippen LogP contribution in [0.3, 0.4) is 0 Å². The van der Waals surface area contributed by atoms with Crippen LogP contribution in [0.25, 0.3) is 0 Å². The molecule has 29 heavy (non-hydrogen) atoms. The molecule has 1 atom stereocenters. The first-order chi connectivity index (χ1) is 14.0. The van der Waals surface area contributed by atoms with E-state index in [2.05, 4.69) is 87.0 Å². The van der Waals surface area contributed by atoms with Gasteiger partial charge in [0.15, 0.2) is 0 Å². The lowest BCUT2D eigenvalue weighted by Crippen LogP contribution is -2.41. The Morgan fingerprint density at radius 1 is 0.897 bits per heavy atom. The fraction of sp³-hybridized carbons (Fsp3) is 0.346. The van der Waals surface area contributed by atoms with Gasteiger partial charge in [-0.3, -0.25) is 4.79 Å². The smallest absolute Gasteiger partial charge is 0.254 e. The van der Waals surface area contributed by atoms with Crippen molar-refractivity contribution in [2.45, 2.75) is 53.2 Å². The minimum atomic E-state index is 0.0984. The third kappa shape index (κ3) is 5.17. The van der Waals surface area contributed by atoms with Gasteiger partial charge in [-0.15, -0.1) is 0 Å².